The molecule has 0 fully saturated rings. The van der Waals surface area contributed by atoms with Crippen molar-refractivity contribution in [1.29, 1.82) is 0 Å². The van der Waals surface area contributed by atoms with Crippen LogP contribution in [0.2, 0.25) is 0 Å². The Labute approximate surface area is 131 Å². The molecule has 6 heteroatoms. The van der Waals surface area contributed by atoms with E-state index in [9.17, 15) is 8.42 Å². The molecule has 5 nitrogen and oxygen atoms in total. The van der Waals surface area contributed by atoms with Crippen LogP contribution in [0, 0.1) is 0 Å². The molecule has 0 radical (unpaired) electrons. The molecule has 0 aromatic heterocycles. The van der Waals surface area contributed by atoms with Crippen molar-refractivity contribution in [2.24, 2.45) is 0 Å². The van der Waals surface area contributed by atoms with E-state index in [4.69, 9.17) is 4.74 Å². The number of hydrogen-bond acceptors (Lipinski definition) is 4. The van der Waals surface area contributed by atoms with Gasteiger partial charge in [0.05, 0.1) is 4.90 Å². The lowest BCUT2D eigenvalue weighted by Crippen LogP contribution is -2.25. The van der Waals surface area contributed by atoms with Crippen molar-refractivity contribution >= 4 is 26.5 Å². The van der Waals surface area contributed by atoms with E-state index >= 15 is 0 Å². The zero-order valence-corrected chi connectivity index (χ0v) is 14.0. The van der Waals surface area contributed by atoms with E-state index in [0.717, 1.165) is 16.5 Å². The number of methoxy groups -OCH3 is 1. The molecule has 0 saturated carbocycles. The second kappa shape index (κ2) is 7.09. The van der Waals surface area contributed by atoms with E-state index in [2.05, 4.69) is 4.72 Å². The van der Waals surface area contributed by atoms with Crippen molar-refractivity contribution in [3.8, 4) is 0 Å². The highest BCUT2D eigenvalue weighted by Crippen LogP contribution is 2.29. The topological polar surface area (TPSA) is 58.6 Å². The Morgan fingerprint density at radius 2 is 1.77 bits per heavy atom. The SMILES string of the molecule is COCCCNS(=O)(=O)c1cccc2c(N(C)C)cccc12. The molecule has 0 amide bonds. The molecule has 2 rings (SSSR count). The van der Waals surface area contributed by atoms with Crippen molar-refractivity contribution in [1.82, 2.24) is 4.72 Å². The smallest absolute Gasteiger partial charge is 0.241 e. The predicted octanol–water partition coefficient (Wildman–Crippen LogP) is 2.22. The molecule has 0 saturated heterocycles. The minimum Gasteiger partial charge on any atom is -0.385 e. The number of sulfonamides is 1. The lowest BCUT2D eigenvalue weighted by atomic mass is 10.1. The minimum atomic E-state index is -3.53. The number of benzene rings is 2. The average Bonchev–Trinajstić information content (AvgIpc) is 2.50. The van der Waals surface area contributed by atoms with Crippen molar-refractivity contribution in [3.05, 3.63) is 36.4 Å². The summed E-state index contributed by atoms with van der Waals surface area (Å²) in [6.07, 6.45) is 0.642. The van der Waals surface area contributed by atoms with Gasteiger partial charge in [-0.15, -0.1) is 0 Å². The molecule has 0 atom stereocenters. The van der Waals surface area contributed by atoms with E-state index < -0.39 is 10.0 Å². The fourth-order valence-electron chi connectivity index (χ4n) is 2.39. The van der Waals surface area contributed by atoms with Gasteiger partial charge in [-0.3, -0.25) is 0 Å². The standard InChI is InChI=1S/C16H22N2O3S/c1-18(2)15-9-4-8-14-13(15)7-5-10-16(14)22(19,20)17-11-6-12-21-3/h4-5,7-10,17H,6,11-12H2,1-3H3. The van der Waals surface area contributed by atoms with E-state index in [1.165, 1.54) is 0 Å². The van der Waals surface area contributed by atoms with Gasteiger partial charge >= 0.3 is 0 Å². The van der Waals surface area contributed by atoms with Crippen LogP contribution in [0.25, 0.3) is 10.8 Å². The summed E-state index contributed by atoms with van der Waals surface area (Å²) in [7, 11) is 1.95. The highest BCUT2D eigenvalue weighted by atomic mass is 32.2. The first-order valence-electron chi connectivity index (χ1n) is 7.15. The molecule has 1 N–H and O–H groups in total. The number of nitrogens with zero attached hydrogens (tertiary/aromatic N) is 1. The lowest BCUT2D eigenvalue weighted by molar-refractivity contribution is 0.196. The summed E-state index contributed by atoms with van der Waals surface area (Å²) in [6, 6.07) is 11.0. The molecule has 0 unspecified atom stereocenters. The summed E-state index contributed by atoms with van der Waals surface area (Å²) in [6.45, 7) is 0.892. The second-order valence-corrected chi connectivity index (χ2v) is 7.00. The van der Waals surface area contributed by atoms with Crippen LogP contribution in [0.3, 0.4) is 0 Å². The van der Waals surface area contributed by atoms with E-state index in [1.54, 1.807) is 19.2 Å². The third kappa shape index (κ3) is 3.58. The molecule has 22 heavy (non-hydrogen) atoms. The van der Waals surface area contributed by atoms with Crippen LogP contribution >= 0.6 is 0 Å². The highest BCUT2D eigenvalue weighted by Gasteiger charge is 2.17. The van der Waals surface area contributed by atoms with Crippen molar-refractivity contribution < 1.29 is 13.2 Å². The molecular formula is C16H22N2O3S. The van der Waals surface area contributed by atoms with Gasteiger partial charge in [-0.1, -0.05) is 24.3 Å². The summed E-state index contributed by atoms with van der Waals surface area (Å²) < 4.78 is 32.6. The Bertz CT molecular complexity index is 742. The van der Waals surface area contributed by atoms with Gasteiger partial charge in [-0.2, -0.15) is 0 Å². The van der Waals surface area contributed by atoms with E-state index in [1.807, 2.05) is 43.3 Å². The maximum Gasteiger partial charge on any atom is 0.241 e. The van der Waals surface area contributed by atoms with Gasteiger partial charge in [0.1, 0.15) is 0 Å². The number of nitrogens with one attached hydrogen (secondary N) is 1. The van der Waals surface area contributed by atoms with Gasteiger partial charge in [-0.05, 0) is 18.6 Å². The van der Waals surface area contributed by atoms with E-state index in [0.29, 0.717) is 24.5 Å². The Morgan fingerprint density at radius 1 is 1.09 bits per heavy atom. The molecule has 0 heterocycles. The third-order valence-corrected chi connectivity index (χ3v) is 4.97. The number of anilines is 1. The fourth-order valence-corrected chi connectivity index (χ4v) is 3.68. The molecular weight excluding hydrogens is 300 g/mol. The molecule has 0 aliphatic heterocycles. The fraction of sp³-hybridized carbons (Fsp3) is 0.375. The van der Waals surface area contributed by atoms with Crippen LogP contribution in [-0.4, -0.2) is 42.8 Å². The summed E-state index contributed by atoms with van der Waals surface area (Å²) in [5.41, 5.74) is 0.994. The Kier molecular flexibility index (Phi) is 5.39. The molecule has 0 spiro atoms. The number of fused-ring (bicyclic) bond motifs is 1. The van der Waals surface area contributed by atoms with Crippen molar-refractivity contribution in [2.45, 2.75) is 11.3 Å². The Balaban J connectivity index is 2.41. The second-order valence-electron chi connectivity index (χ2n) is 5.27. The monoisotopic (exact) mass is 322 g/mol. The van der Waals surface area contributed by atoms with Gasteiger partial charge in [0.25, 0.3) is 0 Å². The molecule has 120 valence electrons. The summed E-state index contributed by atoms with van der Waals surface area (Å²) in [4.78, 5) is 2.29. The third-order valence-electron chi connectivity index (χ3n) is 3.45. The van der Waals surface area contributed by atoms with Gasteiger partial charge in [0.15, 0.2) is 0 Å². The predicted molar refractivity (Wildman–Crippen MR) is 90.0 cm³/mol. The van der Waals surface area contributed by atoms with Crippen molar-refractivity contribution in [2.75, 3.05) is 39.3 Å². The maximum absolute atomic E-state index is 12.5. The van der Waals surface area contributed by atoms with Gasteiger partial charge in [0.2, 0.25) is 10.0 Å². The zero-order chi connectivity index (χ0) is 16.2. The van der Waals surface area contributed by atoms with Crippen LogP contribution in [0.5, 0.6) is 0 Å². The Morgan fingerprint density at radius 3 is 2.45 bits per heavy atom. The number of ether oxygens (including phenoxy) is 1. The van der Waals surface area contributed by atoms with Crippen LogP contribution in [-0.2, 0) is 14.8 Å². The quantitative estimate of drug-likeness (QED) is 0.794. The van der Waals surface area contributed by atoms with E-state index in [-0.39, 0.29) is 0 Å². The van der Waals surface area contributed by atoms with Crippen LogP contribution < -0.4 is 9.62 Å². The largest absolute Gasteiger partial charge is 0.385 e. The van der Waals surface area contributed by atoms with Crippen LogP contribution in [0.15, 0.2) is 41.3 Å². The molecule has 2 aromatic rings. The first-order valence-corrected chi connectivity index (χ1v) is 8.63. The summed E-state index contributed by atoms with van der Waals surface area (Å²) in [5, 5.41) is 1.65. The zero-order valence-electron chi connectivity index (χ0n) is 13.2. The molecule has 0 bridgehead atoms. The van der Waals surface area contributed by atoms with Gasteiger partial charge in [0, 0.05) is 50.8 Å². The summed E-state index contributed by atoms with van der Waals surface area (Å²) in [5.74, 6) is 0. The first-order chi connectivity index (χ1) is 10.5. The van der Waals surface area contributed by atoms with Crippen LogP contribution in [0.1, 0.15) is 6.42 Å². The molecule has 0 aliphatic rings. The van der Waals surface area contributed by atoms with Gasteiger partial charge < -0.3 is 9.64 Å². The Hall–Kier alpha value is -1.63. The normalized spacial score (nSPS) is 11.8. The first kappa shape index (κ1) is 16.7. The minimum absolute atomic E-state index is 0.311. The number of hydrogen-bond donors (Lipinski definition) is 1. The molecule has 0 aliphatic carbocycles. The highest BCUT2D eigenvalue weighted by molar-refractivity contribution is 7.89. The summed E-state index contributed by atoms with van der Waals surface area (Å²) >= 11 is 0. The maximum atomic E-state index is 12.5. The van der Waals surface area contributed by atoms with Gasteiger partial charge in [-0.25, -0.2) is 13.1 Å². The van der Waals surface area contributed by atoms with Crippen LogP contribution in [0.4, 0.5) is 5.69 Å². The number of rotatable bonds is 7. The molecule has 2 aromatic carbocycles. The van der Waals surface area contributed by atoms with Crippen molar-refractivity contribution in [3.63, 3.8) is 0 Å². The average molecular weight is 322 g/mol. The lowest BCUT2D eigenvalue weighted by Gasteiger charge is -2.17.